The Hall–Kier alpha value is -3.61. The first kappa shape index (κ1) is 89.5. The molecule has 2 fully saturated rings. The standard InChI is InChI=1S/C83H143NO13/c1-3-5-7-9-11-13-15-17-19-21-23-25-27-29-31-33-35-36-37-39-41-43-45-47-49-51-53-55-57-59-61-63-65-67-75(88)84-71(70-94-82-80(93)78(91)81(74(69-86)96-82)97-83-79(92)77(90)76(89)73(68-85)95-83)72(87)66-64-62-60-58-56-54-52-50-48-46-44-42-40-38-34-32-30-28-26-24-22-20-18-16-14-12-10-8-6-4-2/h5,7,11,13,17,19,23,25,29,31,35-36,39,41,45,47,51,53,57,59,71-74,76-83,85-87,89-93H,3-4,6,8-10,12,14-16,18,20-22,24,26-28,30,32-34,37-38,40,42-44,46,48-50,52,54-56,58,60-70H2,1-2H3,(H,84,88)/b7-5-,13-11-,19-17-,25-23-,31-29-,36-35-,41-39-,47-45-,53-51-,59-57-. The molecule has 0 saturated carbocycles. The van der Waals surface area contributed by atoms with Crippen molar-refractivity contribution in [1.29, 1.82) is 0 Å². The van der Waals surface area contributed by atoms with Crippen LogP contribution in [0.25, 0.3) is 0 Å². The molecular formula is C83H143NO13. The average molecular weight is 1360 g/mol. The highest BCUT2D eigenvalue weighted by Gasteiger charge is 2.51. The smallest absolute Gasteiger partial charge is 0.220 e. The van der Waals surface area contributed by atoms with Gasteiger partial charge in [-0.05, 0) is 89.9 Å². The van der Waals surface area contributed by atoms with Gasteiger partial charge in [0.15, 0.2) is 12.6 Å². The first-order chi connectivity index (χ1) is 47.6. The van der Waals surface area contributed by atoms with Crippen LogP contribution in [0.2, 0.25) is 0 Å². The number of unbranched alkanes of at least 4 members (excludes halogenated alkanes) is 31. The maximum atomic E-state index is 13.4. The lowest BCUT2D eigenvalue weighted by Crippen LogP contribution is -2.65. The number of aliphatic hydroxyl groups excluding tert-OH is 8. The summed E-state index contributed by atoms with van der Waals surface area (Å²) in [7, 11) is 0. The van der Waals surface area contributed by atoms with Crippen molar-refractivity contribution < 1.29 is 64.6 Å². The minimum Gasteiger partial charge on any atom is -0.394 e. The van der Waals surface area contributed by atoms with E-state index >= 15 is 0 Å². The molecule has 2 aliphatic heterocycles. The second kappa shape index (κ2) is 65.7. The van der Waals surface area contributed by atoms with E-state index in [0.717, 1.165) is 103 Å². The fourth-order valence-electron chi connectivity index (χ4n) is 12.3. The van der Waals surface area contributed by atoms with Crippen molar-refractivity contribution in [2.75, 3.05) is 19.8 Å². The van der Waals surface area contributed by atoms with E-state index in [2.05, 4.69) is 141 Å². The molecule has 2 aliphatic rings. The number of allylic oxidation sites excluding steroid dienone is 20. The largest absolute Gasteiger partial charge is 0.394 e. The summed E-state index contributed by atoms with van der Waals surface area (Å²) in [6.07, 6.45) is 79.4. The van der Waals surface area contributed by atoms with Gasteiger partial charge < -0.3 is 65.1 Å². The predicted octanol–water partition coefficient (Wildman–Crippen LogP) is 17.6. The van der Waals surface area contributed by atoms with E-state index < -0.39 is 86.8 Å². The molecule has 0 aromatic rings. The first-order valence-corrected chi connectivity index (χ1v) is 39.3. The zero-order chi connectivity index (χ0) is 70.1. The number of rotatable bonds is 64. The van der Waals surface area contributed by atoms with E-state index in [9.17, 15) is 45.6 Å². The zero-order valence-electron chi connectivity index (χ0n) is 61.0. The molecule has 9 N–H and O–H groups in total. The summed E-state index contributed by atoms with van der Waals surface area (Å²) < 4.78 is 22.9. The third-order valence-corrected chi connectivity index (χ3v) is 18.4. The molecule has 2 rings (SSSR count). The Morgan fingerprint density at radius 2 is 0.711 bits per heavy atom. The Bertz CT molecular complexity index is 2100. The number of hydrogen-bond donors (Lipinski definition) is 9. The second-order valence-electron chi connectivity index (χ2n) is 27.1. The number of ether oxygens (including phenoxy) is 4. The van der Waals surface area contributed by atoms with Gasteiger partial charge in [-0.2, -0.15) is 0 Å². The van der Waals surface area contributed by atoms with Gasteiger partial charge >= 0.3 is 0 Å². The van der Waals surface area contributed by atoms with Crippen LogP contribution in [-0.2, 0) is 23.7 Å². The number of amides is 1. The first-order valence-electron chi connectivity index (χ1n) is 39.3. The van der Waals surface area contributed by atoms with E-state index in [-0.39, 0.29) is 18.9 Å². The van der Waals surface area contributed by atoms with Gasteiger partial charge in [-0.15, -0.1) is 0 Å². The Kier molecular flexibility index (Phi) is 60.6. The van der Waals surface area contributed by atoms with E-state index in [1.165, 1.54) is 167 Å². The van der Waals surface area contributed by atoms with Gasteiger partial charge in [-0.3, -0.25) is 4.79 Å². The molecule has 2 heterocycles. The van der Waals surface area contributed by atoms with Crippen LogP contribution in [0.4, 0.5) is 0 Å². The fraction of sp³-hybridized carbons (Fsp3) is 0.747. The number of carbonyl (C=O) groups is 1. The second-order valence-corrected chi connectivity index (χ2v) is 27.1. The van der Waals surface area contributed by atoms with Crippen molar-refractivity contribution in [1.82, 2.24) is 5.32 Å². The Labute approximate surface area is 590 Å². The lowest BCUT2D eigenvalue weighted by atomic mass is 9.97. The molecule has 0 aliphatic carbocycles. The highest BCUT2D eigenvalue weighted by atomic mass is 16.7. The minimum absolute atomic E-state index is 0.242. The number of hydrogen-bond acceptors (Lipinski definition) is 13. The summed E-state index contributed by atoms with van der Waals surface area (Å²) in [5.41, 5.74) is 0. The van der Waals surface area contributed by atoms with E-state index in [1.54, 1.807) is 0 Å². The van der Waals surface area contributed by atoms with Crippen LogP contribution in [0.15, 0.2) is 122 Å². The van der Waals surface area contributed by atoms with Gasteiger partial charge in [-0.1, -0.05) is 328 Å². The molecule has 12 unspecified atom stereocenters. The highest BCUT2D eigenvalue weighted by Crippen LogP contribution is 2.30. The third-order valence-electron chi connectivity index (χ3n) is 18.4. The molecule has 97 heavy (non-hydrogen) atoms. The molecule has 0 aromatic heterocycles. The molecule has 558 valence electrons. The zero-order valence-corrected chi connectivity index (χ0v) is 61.0. The third kappa shape index (κ3) is 48.8. The van der Waals surface area contributed by atoms with Crippen LogP contribution in [0.3, 0.4) is 0 Å². The van der Waals surface area contributed by atoms with Crippen LogP contribution >= 0.6 is 0 Å². The molecule has 0 spiro atoms. The van der Waals surface area contributed by atoms with Gasteiger partial charge in [0.2, 0.25) is 5.91 Å². The number of nitrogens with one attached hydrogen (secondary N) is 1. The van der Waals surface area contributed by atoms with Crippen LogP contribution in [0.1, 0.15) is 303 Å². The van der Waals surface area contributed by atoms with Crippen molar-refractivity contribution in [3.8, 4) is 0 Å². The molecule has 1 amide bonds. The van der Waals surface area contributed by atoms with Crippen molar-refractivity contribution >= 4 is 5.91 Å². The van der Waals surface area contributed by atoms with Gasteiger partial charge in [-0.25, -0.2) is 0 Å². The Morgan fingerprint density at radius 1 is 0.381 bits per heavy atom. The quantitative estimate of drug-likeness (QED) is 0.0204. The Balaban J connectivity index is 1.67. The van der Waals surface area contributed by atoms with Gasteiger partial charge in [0.25, 0.3) is 0 Å². The molecule has 0 radical (unpaired) electrons. The highest BCUT2D eigenvalue weighted by molar-refractivity contribution is 5.76. The normalized spacial score (nSPS) is 22.8. The van der Waals surface area contributed by atoms with Crippen LogP contribution < -0.4 is 5.32 Å². The molecule has 0 bridgehead atoms. The van der Waals surface area contributed by atoms with Crippen molar-refractivity contribution in [2.24, 2.45) is 0 Å². The topological polar surface area (TPSA) is 228 Å². The fourth-order valence-corrected chi connectivity index (χ4v) is 12.3. The van der Waals surface area contributed by atoms with Crippen molar-refractivity contribution in [3.05, 3.63) is 122 Å². The van der Waals surface area contributed by atoms with E-state index in [0.29, 0.717) is 12.8 Å². The summed E-state index contributed by atoms with van der Waals surface area (Å²) >= 11 is 0. The molecular weight excluding hydrogens is 1220 g/mol. The summed E-state index contributed by atoms with van der Waals surface area (Å²) in [6, 6.07) is -0.864. The summed E-state index contributed by atoms with van der Waals surface area (Å²) in [4.78, 5) is 13.4. The number of aliphatic hydroxyl groups is 8. The maximum absolute atomic E-state index is 13.4. The van der Waals surface area contributed by atoms with Crippen LogP contribution in [0.5, 0.6) is 0 Å². The molecule has 12 atom stereocenters. The lowest BCUT2D eigenvalue weighted by Gasteiger charge is -2.46. The van der Waals surface area contributed by atoms with E-state index in [4.69, 9.17) is 18.9 Å². The van der Waals surface area contributed by atoms with E-state index in [1.807, 2.05) is 0 Å². The number of carbonyl (C=O) groups excluding carboxylic acids is 1. The molecule has 14 heteroatoms. The molecule has 0 aromatic carbocycles. The lowest BCUT2D eigenvalue weighted by molar-refractivity contribution is -0.359. The summed E-state index contributed by atoms with van der Waals surface area (Å²) in [6.45, 7) is 2.75. The van der Waals surface area contributed by atoms with Crippen LogP contribution in [-0.4, -0.2) is 140 Å². The SMILES string of the molecule is CC/C=C\C/C=C\C/C=C\C/C=C\C/C=C\C/C=C\C/C=C\C/C=C\C/C=C\C/C=C\CCCCC(=O)NC(COC1OC(CO)C(OC2OC(CO)C(O)C(O)C2O)C(O)C1O)C(O)CCCCCCCCCCCCCCCCCCCCCCCCCCCCCCCC. The van der Waals surface area contributed by atoms with Gasteiger partial charge in [0.1, 0.15) is 48.8 Å². The van der Waals surface area contributed by atoms with Crippen molar-refractivity contribution in [2.45, 2.75) is 376 Å². The summed E-state index contributed by atoms with van der Waals surface area (Å²) in [5.74, 6) is -0.250. The maximum Gasteiger partial charge on any atom is 0.220 e. The Morgan fingerprint density at radius 3 is 1.07 bits per heavy atom. The van der Waals surface area contributed by atoms with Crippen molar-refractivity contribution in [3.63, 3.8) is 0 Å². The van der Waals surface area contributed by atoms with Gasteiger partial charge in [0, 0.05) is 6.42 Å². The molecule has 14 nitrogen and oxygen atoms in total. The van der Waals surface area contributed by atoms with Crippen LogP contribution in [0, 0.1) is 0 Å². The predicted molar refractivity (Wildman–Crippen MR) is 401 cm³/mol. The average Bonchev–Trinajstić information content (AvgIpc) is 0.794. The monoisotopic (exact) mass is 1360 g/mol. The summed E-state index contributed by atoms with van der Waals surface area (Å²) in [5, 5.41) is 87.8. The minimum atomic E-state index is -1.79. The molecule has 2 saturated heterocycles. The van der Waals surface area contributed by atoms with Gasteiger partial charge in [0.05, 0.1) is 32.0 Å².